The van der Waals surface area contributed by atoms with Gasteiger partial charge in [-0.05, 0) is 11.1 Å². The summed E-state index contributed by atoms with van der Waals surface area (Å²) in [5.41, 5.74) is 1.70. The second-order valence-electron chi connectivity index (χ2n) is 5.38. The van der Waals surface area contributed by atoms with Crippen molar-refractivity contribution in [3.63, 3.8) is 0 Å². The standard InChI is InChI=1S/C16H16N2O5S2/c19-16-17(11-13-7-3-1-4-8-13)15(23-25(20,21)22)18(24-16)12-14-9-5-2-6-10-14/h1-10,15H,11-12H2,(H,20,21,22). The molecule has 0 aromatic heterocycles. The summed E-state index contributed by atoms with van der Waals surface area (Å²) < 4.78 is 37.9. The maximum Gasteiger partial charge on any atom is 0.400 e. The summed E-state index contributed by atoms with van der Waals surface area (Å²) in [4.78, 5) is 13.6. The van der Waals surface area contributed by atoms with E-state index in [0.29, 0.717) is 0 Å². The monoisotopic (exact) mass is 380 g/mol. The van der Waals surface area contributed by atoms with Crippen LogP contribution in [0.5, 0.6) is 0 Å². The topological polar surface area (TPSA) is 87.1 Å². The summed E-state index contributed by atoms with van der Waals surface area (Å²) in [6.07, 6.45) is -1.23. The van der Waals surface area contributed by atoms with E-state index < -0.39 is 16.8 Å². The average molecular weight is 380 g/mol. The average Bonchev–Trinajstić information content (AvgIpc) is 2.84. The third-order valence-electron chi connectivity index (χ3n) is 3.53. The molecule has 0 bridgehead atoms. The van der Waals surface area contributed by atoms with Crippen LogP contribution in [0, 0.1) is 0 Å². The van der Waals surface area contributed by atoms with Crippen molar-refractivity contribution in [3.8, 4) is 0 Å². The minimum absolute atomic E-state index is 0.165. The van der Waals surface area contributed by atoms with Gasteiger partial charge < -0.3 is 0 Å². The molecule has 2 aromatic carbocycles. The maximum absolute atomic E-state index is 12.4. The highest BCUT2D eigenvalue weighted by Gasteiger charge is 2.42. The lowest BCUT2D eigenvalue weighted by Gasteiger charge is -2.26. The Morgan fingerprint density at radius 2 is 1.48 bits per heavy atom. The highest BCUT2D eigenvalue weighted by atomic mass is 32.3. The van der Waals surface area contributed by atoms with E-state index in [9.17, 15) is 13.2 Å². The first kappa shape index (κ1) is 17.9. The summed E-state index contributed by atoms with van der Waals surface area (Å²) in [5.74, 6) is 0. The number of amides is 1. The predicted octanol–water partition coefficient (Wildman–Crippen LogP) is 2.88. The van der Waals surface area contributed by atoms with E-state index in [-0.39, 0.29) is 18.3 Å². The number of benzene rings is 2. The molecule has 1 fully saturated rings. The van der Waals surface area contributed by atoms with Crippen LogP contribution in [-0.2, 0) is 27.7 Å². The summed E-state index contributed by atoms with van der Waals surface area (Å²) in [7, 11) is -4.73. The van der Waals surface area contributed by atoms with Crippen LogP contribution < -0.4 is 0 Å². The Morgan fingerprint density at radius 3 is 2.00 bits per heavy atom. The van der Waals surface area contributed by atoms with Crippen molar-refractivity contribution in [1.29, 1.82) is 0 Å². The molecule has 3 rings (SSSR count). The van der Waals surface area contributed by atoms with Gasteiger partial charge in [-0.2, -0.15) is 12.7 Å². The Bertz CT molecular complexity index is 830. The molecule has 1 aliphatic rings. The van der Waals surface area contributed by atoms with Crippen LogP contribution >= 0.6 is 11.9 Å². The van der Waals surface area contributed by atoms with Crippen LogP contribution in [0.4, 0.5) is 4.79 Å². The van der Waals surface area contributed by atoms with Gasteiger partial charge in [0.1, 0.15) is 0 Å². The van der Waals surface area contributed by atoms with E-state index in [0.717, 1.165) is 23.1 Å². The Balaban J connectivity index is 1.84. The van der Waals surface area contributed by atoms with Gasteiger partial charge in [-0.15, -0.1) is 0 Å². The highest BCUT2D eigenvalue weighted by molar-refractivity contribution is 8.11. The Kier molecular flexibility index (Phi) is 5.40. The first-order chi connectivity index (χ1) is 11.9. The number of hydrogen-bond donors (Lipinski definition) is 1. The lowest BCUT2D eigenvalue weighted by Crippen LogP contribution is -2.41. The molecule has 1 heterocycles. The van der Waals surface area contributed by atoms with Gasteiger partial charge in [-0.25, -0.2) is 4.18 Å². The second-order valence-corrected chi connectivity index (χ2v) is 7.43. The number of carbonyl (C=O) groups excluding carboxylic acids is 1. The number of nitrogens with zero attached hydrogens (tertiary/aromatic N) is 2. The van der Waals surface area contributed by atoms with Gasteiger partial charge in [0.2, 0.25) is 6.35 Å². The van der Waals surface area contributed by atoms with Gasteiger partial charge in [0.25, 0.3) is 5.24 Å². The molecule has 1 unspecified atom stereocenters. The molecule has 25 heavy (non-hydrogen) atoms. The minimum atomic E-state index is -4.73. The van der Waals surface area contributed by atoms with E-state index in [1.165, 1.54) is 9.21 Å². The highest BCUT2D eigenvalue weighted by Crippen LogP contribution is 2.34. The van der Waals surface area contributed by atoms with Gasteiger partial charge in [0.05, 0.1) is 6.54 Å². The second kappa shape index (κ2) is 7.54. The molecule has 0 saturated carbocycles. The van der Waals surface area contributed by atoms with Crippen LogP contribution in [0.2, 0.25) is 0 Å². The number of hydrogen-bond acceptors (Lipinski definition) is 6. The summed E-state index contributed by atoms with van der Waals surface area (Å²) in [6, 6.07) is 18.4. The molecule has 1 aliphatic heterocycles. The minimum Gasteiger partial charge on any atom is -0.287 e. The number of carbonyl (C=O) groups is 1. The van der Waals surface area contributed by atoms with E-state index in [1.807, 2.05) is 60.7 Å². The van der Waals surface area contributed by atoms with Crippen LogP contribution in [-0.4, -0.2) is 33.8 Å². The van der Waals surface area contributed by atoms with E-state index >= 15 is 0 Å². The molecule has 1 N–H and O–H groups in total. The predicted molar refractivity (Wildman–Crippen MR) is 93.4 cm³/mol. The van der Waals surface area contributed by atoms with Crippen LogP contribution in [0.1, 0.15) is 11.1 Å². The SMILES string of the molecule is O=C1SN(Cc2ccccc2)C(OS(=O)(=O)O)N1Cc1ccccc1. The first-order valence-electron chi connectivity index (χ1n) is 7.41. The van der Waals surface area contributed by atoms with E-state index in [2.05, 4.69) is 0 Å². The molecule has 0 radical (unpaired) electrons. The smallest absolute Gasteiger partial charge is 0.287 e. The van der Waals surface area contributed by atoms with Gasteiger partial charge in [-0.1, -0.05) is 60.7 Å². The molecule has 1 saturated heterocycles. The van der Waals surface area contributed by atoms with Gasteiger partial charge in [0.15, 0.2) is 0 Å². The van der Waals surface area contributed by atoms with Crippen LogP contribution in [0.25, 0.3) is 0 Å². The largest absolute Gasteiger partial charge is 0.400 e. The van der Waals surface area contributed by atoms with Crippen LogP contribution in [0.15, 0.2) is 60.7 Å². The van der Waals surface area contributed by atoms with Crippen molar-refractivity contribution in [3.05, 3.63) is 71.8 Å². The summed E-state index contributed by atoms with van der Waals surface area (Å²) >= 11 is 0.856. The Morgan fingerprint density at radius 1 is 0.960 bits per heavy atom. The lowest BCUT2D eigenvalue weighted by molar-refractivity contribution is -0.0146. The quantitative estimate of drug-likeness (QED) is 0.609. The third-order valence-corrected chi connectivity index (χ3v) is 4.88. The molecule has 7 nitrogen and oxygen atoms in total. The molecule has 2 aromatic rings. The molecule has 1 atom stereocenters. The fourth-order valence-electron chi connectivity index (χ4n) is 2.45. The zero-order valence-corrected chi connectivity index (χ0v) is 14.7. The third kappa shape index (κ3) is 4.80. The van der Waals surface area contributed by atoms with Crippen molar-refractivity contribution in [1.82, 2.24) is 9.21 Å². The molecular weight excluding hydrogens is 364 g/mol. The first-order valence-corrected chi connectivity index (χ1v) is 9.55. The molecule has 0 aliphatic carbocycles. The van der Waals surface area contributed by atoms with Crippen molar-refractivity contribution >= 4 is 27.6 Å². The zero-order chi connectivity index (χ0) is 17.9. The van der Waals surface area contributed by atoms with Crippen molar-refractivity contribution in [2.45, 2.75) is 19.4 Å². The molecule has 9 heteroatoms. The maximum atomic E-state index is 12.4. The zero-order valence-electron chi connectivity index (χ0n) is 13.1. The number of rotatable bonds is 6. The van der Waals surface area contributed by atoms with Gasteiger partial charge in [0, 0.05) is 18.5 Å². The molecular formula is C16H16N2O5S2. The molecule has 0 spiro atoms. The fourth-order valence-corrected chi connectivity index (χ4v) is 3.85. The van der Waals surface area contributed by atoms with Crippen LogP contribution in [0.3, 0.4) is 0 Å². The van der Waals surface area contributed by atoms with E-state index in [4.69, 9.17) is 8.74 Å². The van der Waals surface area contributed by atoms with Crippen molar-refractivity contribution < 1.29 is 21.9 Å². The Labute approximate surface area is 150 Å². The van der Waals surface area contributed by atoms with Crippen molar-refractivity contribution in [2.75, 3.05) is 0 Å². The van der Waals surface area contributed by atoms with Gasteiger partial charge in [-0.3, -0.25) is 14.2 Å². The summed E-state index contributed by atoms with van der Waals surface area (Å²) in [5, 5.41) is -0.353. The normalized spacial score (nSPS) is 18.7. The van der Waals surface area contributed by atoms with Gasteiger partial charge >= 0.3 is 10.4 Å². The lowest BCUT2D eigenvalue weighted by atomic mass is 10.2. The molecule has 1 amide bonds. The van der Waals surface area contributed by atoms with E-state index in [1.54, 1.807) is 0 Å². The Hall–Kier alpha value is -1.91. The van der Waals surface area contributed by atoms with Crippen molar-refractivity contribution in [2.24, 2.45) is 0 Å². The summed E-state index contributed by atoms with van der Waals surface area (Å²) in [6.45, 7) is 0.445. The molecule has 132 valence electrons. The fraction of sp³-hybridized carbons (Fsp3) is 0.188.